The number of furan rings is 1. The van der Waals surface area contributed by atoms with Gasteiger partial charge in [0.25, 0.3) is 5.91 Å². The Balaban J connectivity index is 1.93. The molecule has 1 amide bonds. The Bertz CT molecular complexity index is 872. The van der Waals surface area contributed by atoms with Crippen LogP contribution in [-0.4, -0.2) is 20.1 Å². The van der Waals surface area contributed by atoms with Crippen LogP contribution in [0.1, 0.15) is 10.6 Å². The third-order valence-corrected chi connectivity index (χ3v) is 4.08. The zero-order valence-corrected chi connectivity index (χ0v) is 14.1. The van der Waals surface area contributed by atoms with E-state index in [1.54, 1.807) is 31.4 Å². The number of halogens is 1. The fourth-order valence-corrected chi connectivity index (χ4v) is 2.70. The third-order valence-electron chi connectivity index (χ3n) is 3.39. The number of fused-ring (bicyclic) bond motifs is 1. The zero-order valence-electron chi connectivity index (χ0n) is 12.6. The number of rotatable bonds is 4. The smallest absolute Gasteiger partial charge is 0.291 e. The fourth-order valence-electron chi connectivity index (χ4n) is 2.23. The number of carbonyl (C=O) groups excluding carboxylic acids is 1. The van der Waals surface area contributed by atoms with Gasteiger partial charge < -0.3 is 19.2 Å². The minimum Gasteiger partial charge on any atom is -0.497 e. The topological polar surface area (TPSA) is 60.7 Å². The Labute approximate surface area is 141 Å². The minimum atomic E-state index is -0.361. The number of hydrogen-bond donors (Lipinski definition) is 1. The largest absolute Gasteiger partial charge is 0.497 e. The van der Waals surface area contributed by atoms with Crippen molar-refractivity contribution in [1.29, 1.82) is 0 Å². The second-order valence-electron chi connectivity index (χ2n) is 4.78. The maximum atomic E-state index is 12.4. The molecule has 1 N–H and O–H groups in total. The first-order valence-corrected chi connectivity index (χ1v) is 7.63. The van der Waals surface area contributed by atoms with Crippen LogP contribution in [0.25, 0.3) is 11.0 Å². The molecule has 1 heterocycles. The quantitative estimate of drug-likeness (QED) is 0.730. The van der Waals surface area contributed by atoms with Crippen molar-refractivity contribution in [2.45, 2.75) is 0 Å². The molecule has 118 valence electrons. The van der Waals surface area contributed by atoms with E-state index >= 15 is 0 Å². The number of hydrogen-bond acceptors (Lipinski definition) is 4. The van der Waals surface area contributed by atoms with Gasteiger partial charge in [0.1, 0.15) is 17.1 Å². The molecule has 5 nitrogen and oxygen atoms in total. The second kappa shape index (κ2) is 6.34. The lowest BCUT2D eigenvalue weighted by Gasteiger charge is -2.10. The molecule has 0 fully saturated rings. The molecule has 1 aromatic heterocycles. The molecule has 0 radical (unpaired) electrons. The van der Waals surface area contributed by atoms with Gasteiger partial charge in [-0.15, -0.1) is 0 Å². The van der Waals surface area contributed by atoms with E-state index in [1.807, 2.05) is 18.2 Å². The predicted molar refractivity (Wildman–Crippen MR) is 91.4 cm³/mol. The van der Waals surface area contributed by atoms with Crippen molar-refractivity contribution in [3.05, 3.63) is 52.7 Å². The van der Waals surface area contributed by atoms with Gasteiger partial charge in [0.2, 0.25) is 0 Å². The second-order valence-corrected chi connectivity index (χ2v) is 5.64. The highest BCUT2D eigenvalue weighted by molar-refractivity contribution is 9.10. The van der Waals surface area contributed by atoms with Gasteiger partial charge in [-0.3, -0.25) is 4.79 Å². The molecular weight excluding hydrogens is 362 g/mol. The average molecular weight is 376 g/mol. The third kappa shape index (κ3) is 3.03. The van der Waals surface area contributed by atoms with Gasteiger partial charge in [0, 0.05) is 15.9 Å². The monoisotopic (exact) mass is 375 g/mol. The normalized spacial score (nSPS) is 10.6. The summed E-state index contributed by atoms with van der Waals surface area (Å²) in [5, 5.41) is 3.62. The Kier molecular flexibility index (Phi) is 4.25. The van der Waals surface area contributed by atoms with E-state index in [9.17, 15) is 4.79 Å². The highest BCUT2D eigenvalue weighted by atomic mass is 79.9. The van der Waals surface area contributed by atoms with Crippen molar-refractivity contribution in [1.82, 2.24) is 0 Å². The summed E-state index contributed by atoms with van der Waals surface area (Å²) in [6.07, 6.45) is 0. The lowest BCUT2D eigenvalue weighted by Crippen LogP contribution is -2.11. The van der Waals surface area contributed by atoms with Gasteiger partial charge in [-0.2, -0.15) is 0 Å². The number of carbonyl (C=O) groups is 1. The van der Waals surface area contributed by atoms with Crippen molar-refractivity contribution in [3.63, 3.8) is 0 Å². The molecule has 23 heavy (non-hydrogen) atoms. The summed E-state index contributed by atoms with van der Waals surface area (Å²) in [4.78, 5) is 12.4. The van der Waals surface area contributed by atoms with Crippen LogP contribution in [0.3, 0.4) is 0 Å². The molecular formula is C17H14BrNO4. The van der Waals surface area contributed by atoms with Gasteiger partial charge in [0.15, 0.2) is 5.76 Å². The van der Waals surface area contributed by atoms with Crippen molar-refractivity contribution < 1.29 is 18.7 Å². The lowest BCUT2D eigenvalue weighted by atomic mass is 10.2. The summed E-state index contributed by atoms with van der Waals surface area (Å²) in [5.74, 6) is 1.02. The summed E-state index contributed by atoms with van der Waals surface area (Å²) in [6, 6.07) is 12.4. The molecule has 3 rings (SSSR count). The van der Waals surface area contributed by atoms with Crippen LogP contribution in [0.15, 0.2) is 51.4 Å². The SMILES string of the molecule is COc1ccc(OC)c(NC(=O)c2cc3c(Br)cccc3o2)c1. The van der Waals surface area contributed by atoms with E-state index in [2.05, 4.69) is 21.2 Å². The molecule has 0 saturated carbocycles. The average Bonchev–Trinajstić information content (AvgIpc) is 3.00. The molecule has 0 spiro atoms. The Morgan fingerprint density at radius 3 is 2.65 bits per heavy atom. The van der Waals surface area contributed by atoms with E-state index in [1.165, 1.54) is 7.11 Å². The first-order valence-electron chi connectivity index (χ1n) is 6.84. The van der Waals surface area contributed by atoms with Crippen LogP contribution in [-0.2, 0) is 0 Å². The first kappa shape index (κ1) is 15.4. The Morgan fingerprint density at radius 1 is 1.13 bits per heavy atom. The molecule has 6 heteroatoms. The van der Waals surface area contributed by atoms with E-state index in [-0.39, 0.29) is 11.7 Å². The van der Waals surface area contributed by atoms with Crippen LogP contribution in [0, 0.1) is 0 Å². The highest BCUT2D eigenvalue weighted by Gasteiger charge is 2.16. The summed E-state index contributed by atoms with van der Waals surface area (Å²) >= 11 is 3.44. The Hall–Kier alpha value is -2.47. The number of anilines is 1. The molecule has 3 aromatic rings. The van der Waals surface area contributed by atoms with Crippen LogP contribution in [0.5, 0.6) is 11.5 Å². The van der Waals surface area contributed by atoms with E-state index in [0.29, 0.717) is 22.8 Å². The molecule has 0 aliphatic carbocycles. The van der Waals surface area contributed by atoms with Gasteiger partial charge in [-0.05, 0) is 30.3 Å². The summed E-state index contributed by atoms with van der Waals surface area (Å²) in [7, 11) is 3.10. The molecule has 0 atom stereocenters. The van der Waals surface area contributed by atoms with Crippen molar-refractivity contribution in [2.24, 2.45) is 0 Å². The van der Waals surface area contributed by atoms with E-state index in [4.69, 9.17) is 13.9 Å². The molecule has 0 bridgehead atoms. The number of nitrogens with one attached hydrogen (secondary N) is 1. The van der Waals surface area contributed by atoms with E-state index in [0.717, 1.165) is 9.86 Å². The number of benzene rings is 2. The number of methoxy groups -OCH3 is 2. The standard InChI is InChI=1S/C17H14BrNO4/c1-21-10-6-7-15(22-2)13(8-10)19-17(20)16-9-11-12(18)4-3-5-14(11)23-16/h3-9H,1-2H3,(H,19,20). The zero-order chi connectivity index (χ0) is 16.4. The number of amides is 1. The van der Waals surface area contributed by atoms with Crippen molar-refractivity contribution >= 4 is 38.5 Å². The van der Waals surface area contributed by atoms with Crippen LogP contribution < -0.4 is 14.8 Å². The van der Waals surface area contributed by atoms with Gasteiger partial charge in [-0.1, -0.05) is 22.0 Å². The summed E-state index contributed by atoms with van der Waals surface area (Å²) in [6.45, 7) is 0. The van der Waals surface area contributed by atoms with Gasteiger partial charge in [-0.25, -0.2) is 0 Å². The molecule has 0 saturated heterocycles. The maximum Gasteiger partial charge on any atom is 0.291 e. The minimum absolute atomic E-state index is 0.219. The van der Waals surface area contributed by atoms with Crippen LogP contribution >= 0.6 is 15.9 Å². The van der Waals surface area contributed by atoms with Gasteiger partial charge in [0.05, 0.1) is 19.9 Å². The number of ether oxygens (including phenoxy) is 2. The van der Waals surface area contributed by atoms with E-state index < -0.39 is 0 Å². The van der Waals surface area contributed by atoms with Crippen LogP contribution in [0.2, 0.25) is 0 Å². The fraction of sp³-hybridized carbons (Fsp3) is 0.118. The maximum absolute atomic E-state index is 12.4. The Morgan fingerprint density at radius 2 is 1.96 bits per heavy atom. The molecule has 0 aliphatic heterocycles. The molecule has 0 aliphatic rings. The van der Waals surface area contributed by atoms with Crippen LogP contribution in [0.4, 0.5) is 5.69 Å². The predicted octanol–water partition coefficient (Wildman–Crippen LogP) is 4.46. The first-order chi connectivity index (χ1) is 11.1. The van der Waals surface area contributed by atoms with Gasteiger partial charge >= 0.3 is 0 Å². The lowest BCUT2D eigenvalue weighted by molar-refractivity contribution is 0.0998. The highest BCUT2D eigenvalue weighted by Crippen LogP contribution is 2.31. The van der Waals surface area contributed by atoms with Crippen molar-refractivity contribution in [2.75, 3.05) is 19.5 Å². The summed E-state index contributed by atoms with van der Waals surface area (Å²) < 4.78 is 16.9. The summed E-state index contributed by atoms with van der Waals surface area (Å²) in [5.41, 5.74) is 1.15. The molecule has 2 aromatic carbocycles. The molecule has 0 unspecified atom stereocenters. The van der Waals surface area contributed by atoms with Crippen molar-refractivity contribution in [3.8, 4) is 11.5 Å².